The molecule has 0 rings (SSSR count). The van der Waals surface area contributed by atoms with Gasteiger partial charge in [0.15, 0.2) is 0 Å². The summed E-state index contributed by atoms with van der Waals surface area (Å²) in [4.78, 5) is 24.5. The zero-order chi connectivity index (χ0) is 44.4. The quantitative estimate of drug-likeness (QED) is 0.0322. The van der Waals surface area contributed by atoms with Crippen molar-refractivity contribution in [1.29, 1.82) is 0 Å². The van der Waals surface area contributed by atoms with E-state index in [0.717, 1.165) is 57.8 Å². The second kappa shape index (κ2) is 51.0. The molecule has 360 valence electrons. The Bertz CT molecular complexity index is 951. The highest BCUT2D eigenvalue weighted by atomic mass is 16.5. The van der Waals surface area contributed by atoms with Crippen LogP contribution in [-0.4, -0.2) is 47.4 Å². The number of allylic oxidation sites excluding steroid dienone is 3. The Balaban J connectivity index is 3.51. The largest absolute Gasteiger partial charge is 0.466 e. The van der Waals surface area contributed by atoms with Gasteiger partial charge in [-0.15, -0.1) is 0 Å². The summed E-state index contributed by atoms with van der Waals surface area (Å²) in [5.41, 5.74) is 0. The number of unbranched alkanes of at least 4 members (excludes halogenated alkanes) is 37. The molecule has 0 aromatic rings. The zero-order valence-corrected chi connectivity index (χ0v) is 40.9. The first kappa shape index (κ1) is 59.3. The zero-order valence-electron chi connectivity index (χ0n) is 40.9. The second-order valence-corrected chi connectivity index (χ2v) is 18.6. The number of nitrogens with one attached hydrogen (secondary N) is 1. The predicted molar refractivity (Wildman–Crippen MR) is 264 cm³/mol. The lowest BCUT2D eigenvalue weighted by Crippen LogP contribution is -2.45. The number of hydrogen-bond donors (Lipinski definition) is 3. The van der Waals surface area contributed by atoms with Crippen LogP contribution in [0.15, 0.2) is 24.3 Å². The van der Waals surface area contributed by atoms with Crippen molar-refractivity contribution in [2.75, 3.05) is 13.2 Å². The molecule has 0 fully saturated rings. The Morgan fingerprint density at radius 3 is 1.18 bits per heavy atom. The van der Waals surface area contributed by atoms with Crippen LogP contribution in [0.4, 0.5) is 0 Å². The van der Waals surface area contributed by atoms with Gasteiger partial charge in [-0.3, -0.25) is 9.59 Å². The number of aliphatic hydroxyl groups is 2. The molecule has 6 heteroatoms. The van der Waals surface area contributed by atoms with E-state index < -0.39 is 12.1 Å². The third-order valence-electron chi connectivity index (χ3n) is 12.5. The highest BCUT2D eigenvalue weighted by molar-refractivity contribution is 5.76. The van der Waals surface area contributed by atoms with E-state index in [1.165, 1.54) is 205 Å². The third kappa shape index (κ3) is 47.7. The van der Waals surface area contributed by atoms with Crippen molar-refractivity contribution in [3.8, 4) is 0 Å². The van der Waals surface area contributed by atoms with E-state index in [-0.39, 0.29) is 18.5 Å². The molecule has 0 radical (unpaired) electrons. The first-order valence-electron chi connectivity index (χ1n) is 27.1. The van der Waals surface area contributed by atoms with Gasteiger partial charge >= 0.3 is 5.97 Å². The van der Waals surface area contributed by atoms with E-state index in [0.29, 0.717) is 19.4 Å². The summed E-state index contributed by atoms with van der Waals surface area (Å²) >= 11 is 0. The van der Waals surface area contributed by atoms with E-state index in [4.69, 9.17) is 4.74 Å². The van der Waals surface area contributed by atoms with Crippen molar-refractivity contribution in [3.63, 3.8) is 0 Å². The molecule has 61 heavy (non-hydrogen) atoms. The summed E-state index contributed by atoms with van der Waals surface area (Å²) in [6, 6.07) is -0.640. The minimum absolute atomic E-state index is 0.0199. The van der Waals surface area contributed by atoms with Crippen molar-refractivity contribution in [3.05, 3.63) is 24.3 Å². The van der Waals surface area contributed by atoms with Crippen molar-refractivity contribution >= 4 is 11.9 Å². The first-order chi connectivity index (χ1) is 30.0. The topological polar surface area (TPSA) is 95.9 Å². The Morgan fingerprint density at radius 2 is 0.770 bits per heavy atom. The fraction of sp³-hybridized carbons (Fsp3) is 0.891. The molecule has 2 atom stereocenters. The molecule has 1 amide bonds. The molecule has 0 aromatic heterocycles. The third-order valence-corrected chi connectivity index (χ3v) is 12.5. The predicted octanol–water partition coefficient (Wildman–Crippen LogP) is 16.3. The Morgan fingerprint density at radius 1 is 0.443 bits per heavy atom. The van der Waals surface area contributed by atoms with Gasteiger partial charge in [-0.1, -0.05) is 244 Å². The molecule has 0 aliphatic carbocycles. The van der Waals surface area contributed by atoms with E-state index in [1.54, 1.807) is 6.08 Å². The average molecular weight is 860 g/mol. The summed E-state index contributed by atoms with van der Waals surface area (Å²) in [6.45, 7) is 4.86. The number of carbonyl (C=O) groups is 2. The van der Waals surface area contributed by atoms with Crippen LogP contribution in [0.3, 0.4) is 0 Å². The van der Waals surface area contributed by atoms with Gasteiger partial charge < -0.3 is 20.3 Å². The lowest BCUT2D eigenvalue weighted by atomic mass is 10.0. The fourth-order valence-corrected chi connectivity index (χ4v) is 8.27. The van der Waals surface area contributed by atoms with Gasteiger partial charge in [0, 0.05) is 12.8 Å². The van der Waals surface area contributed by atoms with Gasteiger partial charge in [0.05, 0.1) is 25.4 Å². The van der Waals surface area contributed by atoms with Crippen LogP contribution < -0.4 is 5.32 Å². The Kier molecular flexibility index (Phi) is 49.6. The van der Waals surface area contributed by atoms with Crippen molar-refractivity contribution in [1.82, 2.24) is 5.32 Å². The maximum absolute atomic E-state index is 12.5. The Hall–Kier alpha value is -1.66. The van der Waals surface area contributed by atoms with E-state index in [2.05, 4.69) is 31.3 Å². The summed E-state index contributed by atoms with van der Waals surface area (Å²) in [5, 5.41) is 23.1. The highest BCUT2D eigenvalue weighted by Gasteiger charge is 2.18. The Labute approximate surface area is 380 Å². The molecular formula is C55H105NO5. The van der Waals surface area contributed by atoms with Crippen LogP contribution in [0.5, 0.6) is 0 Å². The molecule has 0 heterocycles. The van der Waals surface area contributed by atoms with Crippen LogP contribution in [0, 0.1) is 0 Å². The summed E-state index contributed by atoms with van der Waals surface area (Å²) in [6.07, 6.45) is 60.3. The van der Waals surface area contributed by atoms with Crippen molar-refractivity contribution < 1.29 is 24.5 Å². The first-order valence-corrected chi connectivity index (χ1v) is 27.1. The summed E-state index contributed by atoms with van der Waals surface area (Å²) < 4.78 is 5.45. The number of aliphatic hydroxyl groups excluding tert-OH is 2. The molecular weight excluding hydrogens is 755 g/mol. The monoisotopic (exact) mass is 860 g/mol. The molecule has 0 spiro atoms. The van der Waals surface area contributed by atoms with Gasteiger partial charge in [-0.2, -0.15) is 0 Å². The minimum atomic E-state index is -0.855. The summed E-state index contributed by atoms with van der Waals surface area (Å²) in [7, 11) is 0. The molecule has 3 N–H and O–H groups in total. The SMILES string of the molecule is CCCCCC/C=C\CCCCCCCC(=O)OCCCCCCCCCCCCCCC(=O)NC(CO)C(O)/C=C/CCCCCCCCCCCCCCCCCCC. The number of ether oxygens (including phenoxy) is 1. The molecule has 0 aromatic carbocycles. The van der Waals surface area contributed by atoms with Gasteiger partial charge in [0.2, 0.25) is 5.91 Å². The van der Waals surface area contributed by atoms with Gasteiger partial charge in [0.1, 0.15) is 0 Å². The van der Waals surface area contributed by atoms with Crippen molar-refractivity contribution in [2.45, 2.75) is 302 Å². The smallest absolute Gasteiger partial charge is 0.305 e. The van der Waals surface area contributed by atoms with Crippen LogP contribution >= 0.6 is 0 Å². The second-order valence-electron chi connectivity index (χ2n) is 18.6. The molecule has 2 unspecified atom stereocenters. The van der Waals surface area contributed by atoms with Gasteiger partial charge in [0.25, 0.3) is 0 Å². The fourth-order valence-electron chi connectivity index (χ4n) is 8.27. The van der Waals surface area contributed by atoms with E-state index >= 15 is 0 Å². The molecule has 0 saturated carbocycles. The minimum Gasteiger partial charge on any atom is -0.466 e. The molecule has 0 bridgehead atoms. The summed E-state index contributed by atoms with van der Waals surface area (Å²) in [5.74, 6) is -0.102. The molecule has 0 saturated heterocycles. The normalized spacial score (nSPS) is 12.8. The lowest BCUT2D eigenvalue weighted by Gasteiger charge is -2.20. The van der Waals surface area contributed by atoms with Crippen LogP contribution in [-0.2, 0) is 14.3 Å². The standard InChI is InChI=1S/C55H105NO5/c1-3-5-7-9-11-13-15-17-18-19-20-21-22-24-27-31-35-39-43-47-53(58)52(51-57)56-54(59)48-44-40-36-32-28-25-26-30-34-38-42-46-50-61-55(60)49-45-41-37-33-29-23-16-14-12-10-8-6-4-2/h14,16,43,47,52-53,57-58H,3-13,15,17-42,44-46,48-51H2,1-2H3,(H,56,59)/b16-14-,47-43+. The maximum atomic E-state index is 12.5. The number of rotatable bonds is 50. The average Bonchev–Trinajstić information content (AvgIpc) is 3.26. The van der Waals surface area contributed by atoms with E-state index in [1.807, 2.05) is 6.08 Å². The number of esters is 1. The molecule has 0 aliphatic rings. The van der Waals surface area contributed by atoms with Crippen molar-refractivity contribution in [2.24, 2.45) is 0 Å². The van der Waals surface area contributed by atoms with Crippen LogP contribution in [0.2, 0.25) is 0 Å². The van der Waals surface area contributed by atoms with Crippen LogP contribution in [0.25, 0.3) is 0 Å². The number of hydrogen-bond acceptors (Lipinski definition) is 5. The van der Waals surface area contributed by atoms with E-state index in [9.17, 15) is 19.8 Å². The van der Waals surface area contributed by atoms with Gasteiger partial charge in [-0.25, -0.2) is 0 Å². The van der Waals surface area contributed by atoms with Crippen LogP contribution in [0.1, 0.15) is 290 Å². The highest BCUT2D eigenvalue weighted by Crippen LogP contribution is 2.16. The van der Waals surface area contributed by atoms with Gasteiger partial charge in [-0.05, 0) is 57.8 Å². The molecule has 6 nitrogen and oxygen atoms in total. The number of carbonyl (C=O) groups excluding carboxylic acids is 2. The maximum Gasteiger partial charge on any atom is 0.305 e. The molecule has 0 aliphatic heterocycles. The lowest BCUT2D eigenvalue weighted by molar-refractivity contribution is -0.143. The number of amides is 1.